The van der Waals surface area contributed by atoms with Crippen molar-refractivity contribution in [2.24, 2.45) is 5.92 Å². The third-order valence-electron chi connectivity index (χ3n) is 9.04. The molecular weight excluding hydrogens is 588 g/mol. The highest BCUT2D eigenvalue weighted by molar-refractivity contribution is 5.71. The fourth-order valence-corrected chi connectivity index (χ4v) is 5.92. The van der Waals surface area contributed by atoms with Gasteiger partial charge >= 0.3 is 17.9 Å². The molecule has 0 fully saturated rings. The molecule has 0 aromatic carbocycles. The first-order valence-corrected chi connectivity index (χ1v) is 20.4. The molecule has 6 heteroatoms. The fraction of sp³-hybridized carbons (Fsp3) is 0.927. The van der Waals surface area contributed by atoms with Crippen molar-refractivity contribution in [2.45, 2.75) is 226 Å². The summed E-state index contributed by atoms with van der Waals surface area (Å²) in [5.41, 5.74) is 0. The van der Waals surface area contributed by atoms with Gasteiger partial charge < -0.3 is 14.2 Å². The number of carbonyl (C=O) groups is 3. The van der Waals surface area contributed by atoms with Gasteiger partial charge in [-0.2, -0.15) is 0 Å². The largest absolute Gasteiger partial charge is 0.462 e. The van der Waals surface area contributed by atoms with Crippen molar-refractivity contribution in [3.05, 3.63) is 0 Å². The average molecular weight is 667 g/mol. The molecule has 0 aromatic heterocycles. The predicted octanol–water partition coefficient (Wildman–Crippen LogP) is 12.4. The molecule has 0 N–H and O–H groups in total. The molecule has 0 aliphatic rings. The van der Waals surface area contributed by atoms with Gasteiger partial charge in [0.2, 0.25) is 0 Å². The van der Waals surface area contributed by atoms with Crippen molar-refractivity contribution in [2.75, 3.05) is 13.2 Å². The van der Waals surface area contributed by atoms with Gasteiger partial charge in [0.1, 0.15) is 13.2 Å². The maximum absolute atomic E-state index is 12.6. The van der Waals surface area contributed by atoms with E-state index in [1.165, 1.54) is 116 Å². The van der Waals surface area contributed by atoms with Crippen LogP contribution >= 0.6 is 0 Å². The van der Waals surface area contributed by atoms with E-state index in [0.29, 0.717) is 19.3 Å². The lowest BCUT2D eigenvalue weighted by Crippen LogP contribution is -2.30. The van der Waals surface area contributed by atoms with E-state index in [1.807, 2.05) is 0 Å². The second-order valence-corrected chi connectivity index (χ2v) is 14.4. The van der Waals surface area contributed by atoms with Crippen molar-refractivity contribution in [3.8, 4) is 0 Å². The minimum absolute atomic E-state index is 0.0655. The first-order chi connectivity index (χ1) is 22.9. The monoisotopic (exact) mass is 667 g/mol. The molecule has 0 rings (SSSR count). The van der Waals surface area contributed by atoms with Crippen molar-refractivity contribution in [1.82, 2.24) is 0 Å². The number of unbranched alkanes of at least 4 members (excludes halogenated alkanes) is 23. The maximum Gasteiger partial charge on any atom is 0.306 e. The zero-order valence-corrected chi connectivity index (χ0v) is 31.7. The topological polar surface area (TPSA) is 78.9 Å². The van der Waals surface area contributed by atoms with Gasteiger partial charge in [0.25, 0.3) is 0 Å². The fourth-order valence-electron chi connectivity index (χ4n) is 5.92. The lowest BCUT2D eigenvalue weighted by molar-refractivity contribution is -0.167. The summed E-state index contributed by atoms with van der Waals surface area (Å²) in [6.07, 6.45) is 32.4. The molecule has 0 heterocycles. The molecule has 0 radical (unpaired) electrons. The molecule has 1 atom stereocenters. The van der Waals surface area contributed by atoms with Crippen LogP contribution in [-0.4, -0.2) is 37.2 Å². The van der Waals surface area contributed by atoms with Gasteiger partial charge in [0, 0.05) is 19.3 Å². The smallest absolute Gasteiger partial charge is 0.306 e. The van der Waals surface area contributed by atoms with E-state index in [-0.39, 0.29) is 31.1 Å². The van der Waals surface area contributed by atoms with Crippen LogP contribution in [0.15, 0.2) is 0 Å². The van der Waals surface area contributed by atoms with Crippen molar-refractivity contribution < 1.29 is 28.6 Å². The standard InChI is InChI=1S/C41H78O6/c1-5-7-9-11-13-15-17-19-24-28-32-39(42)45-35-38(36-46-40(43)33-29-25-22-21-23-27-31-37(3)4)47-41(44)34-30-26-20-18-16-14-12-10-8-6-2/h37-38H,5-36H2,1-4H3/t38-/m0/s1. The molecule has 0 amide bonds. The van der Waals surface area contributed by atoms with E-state index in [4.69, 9.17) is 14.2 Å². The van der Waals surface area contributed by atoms with Gasteiger partial charge in [-0.1, -0.05) is 182 Å². The molecule has 0 unspecified atom stereocenters. The van der Waals surface area contributed by atoms with Gasteiger partial charge in [0.15, 0.2) is 6.10 Å². The molecule has 278 valence electrons. The van der Waals surface area contributed by atoms with Crippen LogP contribution in [0.1, 0.15) is 220 Å². The highest BCUT2D eigenvalue weighted by Gasteiger charge is 2.19. The van der Waals surface area contributed by atoms with Crippen LogP contribution in [0.2, 0.25) is 0 Å². The second kappa shape index (κ2) is 35.7. The summed E-state index contributed by atoms with van der Waals surface area (Å²) in [4.78, 5) is 37.4. The van der Waals surface area contributed by atoms with Crippen LogP contribution in [0.5, 0.6) is 0 Å². The first-order valence-electron chi connectivity index (χ1n) is 20.4. The van der Waals surface area contributed by atoms with Gasteiger partial charge in [-0.05, 0) is 25.2 Å². The molecule has 0 saturated heterocycles. The number of hydrogen-bond donors (Lipinski definition) is 0. The average Bonchev–Trinajstić information content (AvgIpc) is 3.05. The van der Waals surface area contributed by atoms with Crippen LogP contribution in [-0.2, 0) is 28.6 Å². The second-order valence-electron chi connectivity index (χ2n) is 14.4. The normalized spacial score (nSPS) is 11.9. The molecule has 0 aliphatic heterocycles. The minimum atomic E-state index is -0.757. The van der Waals surface area contributed by atoms with Crippen LogP contribution in [0.25, 0.3) is 0 Å². The Morgan fingerprint density at radius 1 is 0.404 bits per heavy atom. The van der Waals surface area contributed by atoms with E-state index in [1.54, 1.807) is 0 Å². The predicted molar refractivity (Wildman–Crippen MR) is 196 cm³/mol. The minimum Gasteiger partial charge on any atom is -0.462 e. The Kier molecular flexibility index (Phi) is 34.5. The molecule has 0 aliphatic carbocycles. The summed E-state index contributed by atoms with van der Waals surface area (Å²) in [7, 11) is 0. The highest BCUT2D eigenvalue weighted by atomic mass is 16.6. The maximum atomic E-state index is 12.6. The van der Waals surface area contributed by atoms with E-state index in [0.717, 1.165) is 63.7 Å². The zero-order chi connectivity index (χ0) is 34.6. The number of rotatable bonds is 36. The number of ether oxygens (including phenoxy) is 3. The van der Waals surface area contributed by atoms with Crippen LogP contribution in [0.3, 0.4) is 0 Å². The summed E-state index contributed by atoms with van der Waals surface area (Å²) in [6.45, 7) is 8.88. The summed E-state index contributed by atoms with van der Waals surface area (Å²) in [5, 5.41) is 0. The van der Waals surface area contributed by atoms with Gasteiger partial charge in [-0.15, -0.1) is 0 Å². The lowest BCUT2D eigenvalue weighted by atomic mass is 10.0. The molecule has 0 bridgehead atoms. The van der Waals surface area contributed by atoms with Crippen molar-refractivity contribution >= 4 is 17.9 Å². The van der Waals surface area contributed by atoms with Crippen LogP contribution < -0.4 is 0 Å². The summed E-state index contributed by atoms with van der Waals surface area (Å²) < 4.78 is 16.6. The Labute approximate surface area is 291 Å². The van der Waals surface area contributed by atoms with Crippen molar-refractivity contribution in [3.63, 3.8) is 0 Å². The molecular formula is C41H78O6. The molecule has 0 saturated carbocycles. The quantitative estimate of drug-likeness (QED) is 0.0376. The van der Waals surface area contributed by atoms with E-state index in [2.05, 4.69) is 27.7 Å². The van der Waals surface area contributed by atoms with Crippen molar-refractivity contribution in [1.29, 1.82) is 0 Å². The highest BCUT2D eigenvalue weighted by Crippen LogP contribution is 2.15. The molecule has 0 spiro atoms. The number of esters is 3. The Morgan fingerprint density at radius 2 is 0.702 bits per heavy atom. The summed E-state index contributed by atoms with van der Waals surface area (Å²) in [5.74, 6) is -0.105. The van der Waals surface area contributed by atoms with E-state index in [9.17, 15) is 14.4 Å². The third kappa shape index (κ3) is 35.5. The Morgan fingerprint density at radius 3 is 1.04 bits per heavy atom. The van der Waals surface area contributed by atoms with E-state index >= 15 is 0 Å². The summed E-state index contributed by atoms with van der Waals surface area (Å²) >= 11 is 0. The molecule has 47 heavy (non-hydrogen) atoms. The number of hydrogen-bond acceptors (Lipinski definition) is 6. The van der Waals surface area contributed by atoms with Crippen LogP contribution in [0.4, 0.5) is 0 Å². The van der Waals surface area contributed by atoms with Crippen LogP contribution in [0, 0.1) is 5.92 Å². The third-order valence-corrected chi connectivity index (χ3v) is 9.04. The Balaban J connectivity index is 4.35. The Hall–Kier alpha value is -1.59. The Bertz CT molecular complexity index is 706. The van der Waals surface area contributed by atoms with Gasteiger partial charge in [-0.3, -0.25) is 14.4 Å². The summed E-state index contributed by atoms with van der Waals surface area (Å²) in [6, 6.07) is 0. The van der Waals surface area contributed by atoms with Gasteiger partial charge in [0.05, 0.1) is 0 Å². The lowest BCUT2D eigenvalue weighted by Gasteiger charge is -2.18. The zero-order valence-electron chi connectivity index (χ0n) is 31.7. The SMILES string of the molecule is CCCCCCCCCCCCC(=O)OC[C@@H](COC(=O)CCCCCCCCC(C)C)OC(=O)CCCCCCCCCCCC. The number of carbonyl (C=O) groups excluding carboxylic acids is 3. The van der Waals surface area contributed by atoms with E-state index < -0.39 is 6.10 Å². The first kappa shape index (κ1) is 45.4. The van der Waals surface area contributed by atoms with Gasteiger partial charge in [-0.25, -0.2) is 0 Å². The molecule has 0 aromatic rings. The molecule has 6 nitrogen and oxygen atoms in total.